The summed E-state index contributed by atoms with van der Waals surface area (Å²) in [7, 11) is 2.48. The summed E-state index contributed by atoms with van der Waals surface area (Å²) in [6.07, 6.45) is 0.963. The third kappa shape index (κ3) is 6.07. The summed E-state index contributed by atoms with van der Waals surface area (Å²) >= 11 is 1.24. The second-order valence-electron chi connectivity index (χ2n) is 9.48. The molecule has 40 heavy (non-hydrogen) atoms. The highest BCUT2D eigenvalue weighted by molar-refractivity contribution is 7.16. The summed E-state index contributed by atoms with van der Waals surface area (Å²) in [4.78, 5) is 36.6. The second kappa shape index (κ2) is 12.2. The number of esters is 2. The lowest BCUT2D eigenvalue weighted by Crippen LogP contribution is -2.28. The molecule has 0 N–H and O–H groups in total. The fraction of sp³-hybridized carbons (Fsp3) is 0.219. The van der Waals surface area contributed by atoms with Crippen LogP contribution in [0.15, 0.2) is 89.7 Å². The second-order valence-corrected chi connectivity index (χ2v) is 10.5. The van der Waals surface area contributed by atoms with Crippen molar-refractivity contribution in [1.82, 2.24) is 4.57 Å². The summed E-state index contributed by atoms with van der Waals surface area (Å²) in [5, 5.41) is 2.44. The molecule has 0 radical (unpaired) electrons. The van der Waals surface area contributed by atoms with Crippen LogP contribution in [0.5, 0.6) is 5.75 Å². The molecule has 0 bridgehead atoms. The number of aromatic nitrogens is 1. The van der Waals surface area contributed by atoms with Crippen LogP contribution in [-0.2, 0) is 38.4 Å². The Morgan fingerprint density at radius 1 is 0.800 bits per heavy atom. The third-order valence-corrected chi connectivity index (χ3v) is 7.81. The molecule has 0 fully saturated rings. The molecule has 1 aromatic heterocycles. The van der Waals surface area contributed by atoms with Crippen LogP contribution in [0, 0.1) is 5.92 Å². The van der Waals surface area contributed by atoms with Crippen molar-refractivity contribution in [2.24, 2.45) is 5.92 Å². The molecule has 5 aromatic rings. The van der Waals surface area contributed by atoms with Crippen molar-refractivity contribution >= 4 is 44.3 Å². The predicted octanol–water partition coefficient (Wildman–Crippen LogP) is 5.39. The van der Waals surface area contributed by atoms with Gasteiger partial charge in [0, 0.05) is 0 Å². The lowest BCUT2D eigenvalue weighted by Gasteiger charge is -2.13. The first kappa shape index (κ1) is 27.1. The Kier molecular flexibility index (Phi) is 8.26. The Bertz CT molecular complexity index is 1700. The van der Waals surface area contributed by atoms with Crippen LogP contribution in [0.25, 0.3) is 21.0 Å². The highest BCUT2D eigenvalue weighted by Gasteiger charge is 2.28. The van der Waals surface area contributed by atoms with Crippen molar-refractivity contribution in [1.29, 1.82) is 0 Å². The van der Waals surface area contributed by atoms with Crippen molar-refractivity contribution in [3.63, 3.8) is 0 Å². The van der Waals surface area contributed by atoms with Gasteiger partial charge in [-0.25, -0.2) is 0 Å². The molecule has 0 saturated carbocycles. The van der Waals surface area contributed by atoms with Crippen molar-refractivity contribution in [3.05, 3.63) is 111 Å². The van der Waals surface area contributed by atoms with Gasteiger partial charge in [-0.3, -0.25) is 19.0 Å². The summed E-state index contributed by atoms with van der Waals surface area (Å²) < 4.78 is 18.0. The zero-order chi connectivity index (χ0) is 28.1. The van der Waals surface area contributed by atoms with Crippen LogP contribution in [-0.4, -0.2) is 37.3 Å². The normalized spacial score (nSPS) is 11.2. The molecule has 1 heterocycles. The lowest BCUT2D eigenvalue weighted by atomic mass is 9.99. The van der Waals surface area contributed by atoms with E-state index in [0.717, 1.165) is 27.8 Å². The summed E-state index contributed by atoms with van der Waals surface area (Å²) in [5.41, 5.74) is 4.06. The molecule has 4 aromatic carbocycles. The van der Waals surface area contributed by atoms with Crippen molar-refractivity contribution < 1.29 is 23.8 Å². The first-order chi connectivity index (χ1) is 19.4. The molecule has 0 aliphatic heterocycles. The fourth-order valence-corrected chi connectivity index (χ4v) is 5.76. The minimum atomic E-state index is -1.02. The number of ether oxygens (including phenoxy) is 3. The molecule has 0 saturated heterocycles. The Labute approximate surface area is 235 Å². The predicted molar refractivity (Wildman–Crippen MR) is 156 cm³/mol. The van der Waals surface area contributed by atoms with Gasteiger partial charge in [0.05, 0.1) is 31.0 Å². The van der Waals surface area contributed by atoms with E-state index < -0.39 is 17.9 Å². The lowest BCUT2D eigenvalue weighted by molar-refractivity contribution is -0.158. The minimum Gasteiger partial charge on any atom is -0.492 e. The van der Waals surface area contributed by atoms with Crippen molar-refractivity contribution in [2.45, 2.75) is 19.4 Å². The summed E-state index contributed by atoms with van der Waals surface area (Å²) in [6, 6.07) is 28.2. The smallest absolute Gasteiger partial charge is 0.320 e. The third-order valence-electron chi connectivity index (χ3n) is 6.87. The molecular weight excluding hydrogens is 526 g/mol. The number of carbonyl (C=O) groups excluding carboxylic acids is 2. The Balaban J connectivity index is 1.21. The van der Waals surface area contributed by atoms with Crippen LogP contribution in [0.2, 0.25) is 0 Å². The largest absolute Gasteiger partial charge is 0.492 e. The van der Waals surface area contributed by atoms with Crippen molar-refractivity contribution in [3.8, 4) is 5.75 Å². The molecular formula is C32H29NO6S. The van der Waals surface area contributed by atoms with Gasteiger partial charge in [0.15, 0.2) is 5.92 Å². The maximum Gasteiger partial charge on any atom is 0.320 e. The Morgan fingerprint density at radius 2 is 1.45 bits per heavy atom. The molecule has 204 valence electrons. The van der Waals surface area contributed by atoms with Gasteiger partial charge in [-0.05, 0) is 64.6 Å². The van der Waals surface area contributed by atoms with Gasteiger partial charge < -0.3 is 14.2 Å². The van der Waals surface area contributed by atoms with Gasteiger partial charge in [-0.2, -0.15) is 0 Å². The maximum atomic E-state index is 12.8. The van der Waals surface area contributed by atoms with Crippen LogP contribution in [0.3, 0.4) is 0 Å². The van der Waals surface area contributed by atoms with Crippen LogP contribution in [0.4, 0.5) is 0 Å². The van der Waals surface area contributed by atoms with E-state index in [1.54, 1.807) is 28.8 Å². The van der Waals surface area contributed by atoms with Crippen LogP contribution >= 0.6 is 11.3 Å². The minimum absolute atomic E-state index is 0.0199. The molecule has 7 nitrogen and oxygen atoms in total. The monoisotopic (exact) mass is 555 g/mol. The molecule has 0 unspecified atom stereocenters. The Morgan fingerprint density at radius 3 is 2.17 bits per heavy atom. The van der Waals surface area contributed by atoms with Gasteiger partial charge in [-0.15, -0.1) is 0 Å². The number of fused-ring (bicyclic) bond motifs is 2. The highest BCUT2D eigenvalue weighted by Crippen LogP contribution is 2.23. The van der Waals surface area contributed by atoms with E-state index in [9.17, 15) is 14.4 Å². The molecule has 8 heteroatoms. The average Bonchev–Trinajstić information content (AvgIpc) is 3.29. The van der Waals surface area contributed by atoms with E-state index in [4.69, 9.17) is 14.2 Å². The van der Waals surface area contributed by atoms with Gasteiger partial charge in [0.1, 0.15) is 12.4 Å². The van der Waals surface area contributed by atoms with E-state index in [1.165, 1.54) is 41.9 Å². The number of hydrogen-bond donors (Lipinski definition) is 0. The SMILES string of the molecule is COC(=O)C(Cc1ccc(OCCn2c(=O)sc3cc(Cc4ccc5ccccc5c4)ccc32)cc1)C(=O)OC. The van der Waals surface area contributed by atoms with Gasteiger partial charge in [0.25, 0.3) is 0 Å². The van der Waals surface area contributed by atoms with Gasteiger partial charge >= 0.3 is 16.8 Å². The summed E-state index contributed by atoms with van der Waals surface area (Å²) in [5.74, 6) is -1.67. The van der Waals surface area contributed by atoms with Gasteiger partial charge in [0.2, 0.25) is 0 Å². The zero-order valence-electron chi connectivity index (χ0n) is 22.3. The number of nitrogens with zero attached hydrogens (tertiary/aromatic N) is 1. The number of rotatable bonds is 10. The molecule has 0 spiro atoms. The molecule has 0 aliphatic carbocycles. The van der Waals surface area contributed by atoms with Crippen LogP contribution in [0.1, 0.15) is 16.7 Å². The topological polar surface area (TPSA) is 83.8 Å². The number of hydrogen-bond acceptors (Lipinski definition) is 7. The van der Waals surface area contributed by atoms with E-state index >= 15 is 0 Å². The summed E-state index contributed by atoms with van der Waals surface area (Å²) in [6.45, 7) is 0.730. The highest BCUT2D eigenvalue weighted by atomic mass is 32.1. The number of carbonyl (C=O) groups is 2. The van der Waals surface area contributed by atoms with Gasteiger partial charge in [-0.1, -0.05) is 72.0 Å². The fourth-order valence-electron chi connectivity index (χ4n) is 4.78. The molecule has 0 atom stereocenters. The van der Waals surface area contributed by atoms with E-state index in [0.29, 0.717) is 18.9 Å². The number of thiazole rings is 1. The zero-order valence-corrected chi connectivity index (χ0v) is 23.1. The van der Waals surface area contributed by atoms with E-state index in [-0.39, 0.29) is 11.3 Å². The van der Waals surface area contributed by atoms with E-state index in [2.05, 4.69) is 42.5 Å². The maximum absolute atomic E-state index is 12.8. The van der Waals surface area contributed by atoms with E-state index in [1.807, 2.05) is 18.2 Å². The molecule has 5 rings (SSSR count). The molecule has 0 aliphatic rings. The Hall–Kier alpha value is -4.43. The molecule has 0 amide bonds. The standard InChI is InChI=1S/C32H29NO6S/c1-37-30(34)27(31(35)38-2)19-21-8-12-26(13-9-21)39-16-15-33-28-14-10-23(20-29(28)40-32(33)36)17-22-7-11-24-5-3-4-6-25(24)18-22/h3-14,18,20,27H,15-17,19H2,1-2H3. The quantitative estimate of drug-likeness (QED) is 0.170. The first-order valence-corrected chi connectivity index (χ1v) is 13.7. The number of methoxy groups -OCH3 is 2. The number of benzene rings is 4. The average molecular weight is 556 g/mol. The van der Waals surface area contributed by atoms with Crippen LogP contribution < -0.4 is 9.61 Å². The first-order valence-electron chi connectivity index (χ1n) is 12.9. The van der Waals surface area contributed by atoms with Crippen molar-refractivity contribution in [2.75, 3.05) is 20.8 Å².